The van der Waals surface area contributed by atoms with Gasteiger partial charge in [0.15, 0.2) is 0 Å². The zero-order chi connectivity index (χ0) is 15.2. The second-order valence-electron chi connectivity index (χ2n) is 6.47. The number of nitrogens with one attached hydrogen (secondary N) is 1. The van der Waals surface area contributed by atoms with Crippen molar-refractivity contribution in [3.8, 4) is 0 Å². The molecule has 0 heterocycles. The van der Waals surface area contributed by atoms with E-state index in [2.05, 4.69) is 50.4 Å². The van der Waals surface area contributed by atoms with Crippen molar-refractivity contribution in [3.05, 3.63) is 29.8 Å². The minimum absolute atomic E-state index is 0.133. The summed E-state index contributed by atoms with van der Waals surface area (Å²) < 4.78 is 0. The van der Waals surface area contributed by atoms with Crippen LogP contribution in [0.15, 0.2) is 29.2 Å². The van der Waals surface area contributed by atoms with Gasteiger partial charge in [0, 0.05) is 22.7 Å². The molecule has 1 rings (SSSR count). The lowest BCUT2D eigenvalue weighted by Crippen LogP contribution is -2.35. The van der Waals surface area contributed by atoms with Crippen molar-refractivity contribution in [1.29, 1.82) is 0 Å². The van der Waals surface area contributed by atoms with Gasteiger partial charge in [0.1, 0.15) is 0 Å². The molecule has 0 aromatic heterocycles. The summed E-state index contributed by atoms with van der Waals surface area (Å²) in [6.45, 7) is 11.5. The standard InChI is InChI=1S/C17H29NOS/c1-6-17(19,7-2)13-20-15-10-8-9-14(11-15)12-18-16(3,4)5/h8-11,18-19H,6-7,12-13H2,1-5H3. The van der Waals surface area contributed by atoms with E-state index >= 15 is 0 Å². The van der Waals surface area contributed by atoms with Crippen molar-refractivity contribution in [2.75, 3.05) is 5.75 Å². The van der Waals surface area contributed by atoms with E-state index in [1.54, 1.807) is 11.8 Å². The number of hydrogen-bond donors (Lipinski definition) is 2. The minimum Gasteiger partial charge on any atom is -0.389 e. The summed E-state index contributed by atoms with van der Waals surface area (Å²) in [4.78, 5) is 1.23. The molecule has 20 heavy (non-hydrogen) atoms. The Bertz CT molecular complexity index is 408. The third kappa shape index (κ3) is 6.29. The van der Waals surface area contributed by atoms with Crippen LogP contribution in [-0.2, 0) is 6.54 Å². The molecular weight excluding hydrogens is 266 g/mol. The molecule has 2 nitrogen and oxygen atoms in total. The average Bonchev–Trinajstić information content (AvgIpc) is 2.42. The normalized spacial score (nSPS) is 12.7. The van der Waals surface area contributed by atoms with Gasteiger partial charge in [0.05, 0.1) is 5.60 Å². The van der Waals surface area contributed by atoms with Crippen LogP contribution in [0.1, 0.15) is 53.0 Å². The van der Waals surface area contributed by atoms with Crippen LogP contribution in [-0.4, -0.2) is 22.0 Å². The summed E-state index contributed by atoms with van der Waals surface area (Å²) in [5, 5.41) is 13.8. The summed E-state index contributed by atoms with van der Waals surface area (Å²) in [6.07, 6.45) is 1.61. The predicted octanol–water partition coefficient (Wildman–Crippen LogP) is 4.22. The number of rotatable bonds is 7. The maximum Gasteiger partial charge on any atom is 0.0736 e. The third-order valence-electron chi connectivity index (χ3n) is 3.55. The van der Waals surface area contributed by atoms with Crippen LogP contribution in [0.5, 0.6) is 0 Å². The highest BCUT2D eigenvalue weighted by molar-refractivity contribution is 7.99. The van der Waals surface area contributed by atoms with E-state index in [4.69, 9.17) is 0 Å². The molecule has 0 saturated heterocycles. The molecule has 2 N–H and O–H groups in total. The van der Waals surface area contributed by atoms with Gasteiger partial charge < -0.3 is 10.4 Å². The average molecular weight is 295 g/mol. The minimum atomic E-state index is -0.537. The Morgan fingerprint density at radius 2 is 1.80 bits per heavy atom. The molecule has 0 bridgehead atoms. The second kappa shape index (κ2) is 7.48. The van der Waals surface area contributed by atoms with Crippen LogP contribution < -0.4 is 5.32 Å². The predicted molar refractivity (Wildman–Crippen MR) is 89.3 cm³/mol. The van der Waals surface area contributed by atoms with E-state index in [9.17, 15) is 5.11 Å². The molecule has 0 unspecified atom stereocenters. The Labute approximate surface area is 128 Å². The van der Waals surface area contributed by atoms with E-state index in [-0.39, 0.29) is 5.54 Å². The van der Waals surface area contributed by atoms with Crippen LogP contribution in [0.4, 0.5) is 0 Å². The van der Waals surface area contributed by atoms with Crippen molar-refractivity contribution in [2.24, 2.45) is 0 Å². The highest BCUT2D eigenvalue weighted by Crippen LogP contribution is 2.27. The van der Waals surface area contributed by atoms with E-state index in [1.165, 1.54) is 10.5 Å². The first-order valence-electron chi connectivity index (χ1n) is 7.47. The molecule has 114 valence electrons. The molecule has 1 aromatic rings. The topological polar surface area (TPSA) is 32.3 Å². The fourth-order valence-electron chi connectivity index (χ4n) is 1.78. The van der Waals surface area contributed by atoms with Gasteiger partial charge in [-0.25, -0.2) is 0 Å². The Balaban J connectivity index is 2.60. The third-order valence-corrected chi connectivity index (χ3v) is 4.81. The van der Waals surface area contributed by atoms with Crippen molar-refractivity contribution >= 4 is 11.8 Å². The number of thioether (sulfide) groups is 1. The van der Waals surface area contributed by atoms with Gasteiger partial charge in [-0.1, -0.05) is 26.0 Å². The number of benzene rings is 1. The molecule has 0 amide bonds. The number of hydrogen-bond acceptors (Lipinski definition) is 3. The first kappa shape index (κ1) is 17.5. The lowest BCUT2D eigenvalue weighted by Gasteiger charge is -2.24. The zero-order valence-corrected chi connectivity index (χ0v) is 14.3. The van der Waals surface area contributed by atoms with Gasteiger partial charge in [0.2, 0.25) is 0 Å². The second-order valence-corrected chi connectivity index (χ2v) is 7.52. The summed E-state index contributed by atoms with van der Waals surface area (Å²) in [7, 11) is 0. The molecule has 0 spiro atoms. The first-order chi connectivity index (χ1) is 9.28. The summed E-state index contributed by atoms with van der Waals surface area (Å²) >= 11 is 1.75. The zero-order valence-electron chi connectivity index (χ0n) is 13.5. The van der Waals surface area contributed by atoms with Crippen LogP contribution >= 0.6 is 11.8 Å². The smallest absolute Gasteiger partial charge is 0.0736 e. The van der Waals surface area contributed by atoms with Gasteiger partial charge in [-0.3, -0.25) is 0 Å². The van der Waals surface area contributed by atoms with Crippen LogP contribution in [0.25, 0.3) is 0 Å². The first-order valence-corrected chi connectivity index (χ1v) is 8.46. The number of aliphatic hydroxyl groups is 1. The molecule has 0 aliphatic carbocycles. The lowest BCUT2D eigenvalue weighted by molar-refractivity contribution is 0.0572. The van der Waals surface area contributed by atoms with Gasteiger partial charge >= 0.3 is 0 Å². The van der Waals surface area contributed by atoms with Crippen molar-refractivity contribution in [3.63, 3.8) is 0 Å². The Kier molecular flexibility index (Phi) is 6.56. The summed E-state index contributed by atoms with van der Waals surface area (Å²) in [5.74, 6) is 0.760. The highest BCUT2D eigenvalue weighted by atomic mass is 32.2. The Morgan fingerprint density at radius 3 is 2.35 bits per heavy atom. The molecule has 0 atom stereocenters. The molecule has 3 heteroatoms. The molecule has 0 saturated carbocycles. The van der Waals surface area contributed by atoms with Gasteiger partial charge in [0.25, 0.3) is 0 Å². The quantitative estimate of drug-likeness (QED) is 0.739. The molecule has 1 aromatic carbocycles. The SMILES string of the molecule is CCC(O)(CC)CSc1cccc(CNC(C)(C)C)c1. The van der Waals surface area contributed by atoms with Crippen molar-refractivity contribution in [2.45, 2.75) is 70.0 Å². The fraction of sp³-hybridized carbons (Fsp3) is 0.647. The summed E-state index contributed by atoms with van der Waals surface area (Å²) in [5.41, 5.74) is 0.888. The van der Waals surface area contributed by atoms with Crippen LogP contribution in [0.2, 0.25) is 0 Å². The largest absolute Gasteiger partial charge is 0.389 e. The van der Waals surface area contributed by atoms with Gasteiger partial charge in [-0.05, 0) is 51.3 Å². The lowest BCUT2D eigenvalue weighted by atomic mass is 10.0. The molecule has 0 radical (unpaired) electrons. The van der Waals surface area contributed by atoms with Crippen LogP contribution in [0.3, 0.4) is 0 Å². The van der Waals surface area contributed by atoms with E-state index in [0.717, 1.165) is 25.1 Å². The van der Waals surface area contributed by atoms with E-state index in [1.807, 2.05) is 13.8 Å². The van der Waals surface area contributed by atoms with Gasteiger partial charge in [-0.15, -0.1) is 11.8 Å². The Morgan fingerprint density at radius 1 is 1.15 bits per heavy atom. The maximum absolute atomic E-state index is 10.3. The molecular formula is C17H29NOS. The summed E-state index contributed by atoms with van der Waals surface area (Å²) in [6, 6.07) is 8.58. The van der Waals surface area contributed by atoms with Crippen LogP contribution in [0, 0.1) is 0 Å². The molecule has 0 aliphatic heterocycles. The fourth-order valence-corrected chi connectivity index (χ4v) is 3.04. The molecule has 0 fully saturated rings. The van der Waals surface area contributed by atoms with Gasteiger partial charge in [-0.2, -0.15) is 0 Å². The van der Waals surface area contributed by atoms with Crippen molar-refractivity contribution in [1.82, 2.24) is 5.32 Å². The highest BCUT2D eigenvalue weighted by Gasteiger charge is 2.22. The van der Waals surface area contributed by atoms with E-state index < -0.39 is 5.60 Å². The molecule has 0 aliphatic rings. The Hall–Kier alpha value is -0.510. The maximum atomic E-state index is 10.3. The van der Waals surface area contributed by atoms with E-state index in [0.29, 0.717) is 0 Å². The monoisotopic (exact) mass is 295 g/mol. The van der Waals surface area contributed by atoms with Crippen molar-refractivity contribution < 1.29 is 5.11 Å².